The highest BCUT2D eigenvalue weighted by Crippen LogP contribution is 2.23. The van der Waals surface area contributed by atoms with Crippen LogP contribution in [0.2, 0.25) is 10.0 Å². The van der Waals surface area contributed by atoms with Crippen molar-refractivity contribution in [3.8, 4) is 5.75 Å². The van der Waals surface area contributed by atoms with Gasteiger partial charge in [-0.05, 0) is 41.5 Å². The highest BCUT2D eigenvalue weighted by atomic mass is 35.5. The second-order valence-corrected chi connectivity index (χ2v) is 5.83. The maximum atomic E-state index is 11.8. The Morgan fingerprint density at radius 2 is 1.88 bits per heavy atom. The first-order valence-electron chi connectivity index (χ1n) is 7.24. The maximum absolute atomic E-state index is 11.8. The monoisotopic (exact) mass is 379 g/mol. The Balaban J connectivity index is 1.89. The van der Waals surface area contributed by atoms with Crippen LogP contribution in [-0.4, -0.2) is 18.5 Å². The van der Waals surface area contributed by atoms with E-state index in [-0.39, 0.29) is 13.2 Å². The van der Waals surface area contributed by atoms with Gasteiger partial charge in [0.05, 0.1) is 10.0 Å². The molecule has 5 nitrogen and oxygen atoms in total. The van der Waals surface area contributed by atoms with Gasteiger partial charge in [-0.3, -0.25) is 4.79 Å². The lowest BCUT2D eigenvalue weighted by atomic mass is 10.2. The lowest BCUT2D eigenvalue weighted by Crippen LogP contribution is -2.20. The van der Waals surface area contributed by atoms with Gasteiger partial charge in [0, 0.05) is 6.08 Å². The van der Waals surface area contributed by atoms with Gasteiger partial charge in [0.15, 0.2) is 6.61 Å². The molecule has 0 unspecified atom stereocenters. The fourth-order valence-corrected chi connectivity index (χ4v) is 2.17. The largest absolute Gasteiger partial charge is 0.484 e. The van der Waals surface area contributed by atoms with Crippen LogP contribution in [0.4, 0.5) is 0 Å². The van der Waals surface area contributed by atoms with E-state index >= 15 is 0 Å². The van der Waals surface area contributed by atoms with Crippen molar-refractivity contribution < 1.29 is 19.1 Å². The quantitative estimate of drug-likeness (QED) is 0.588. The second-order valence-electron chi connectivity index (χ2n) is 5.02. The maximum Gasteiger partial charge on any atom is 0.331 e. The zero-order valence-corrected chi connectivity index (χ0v) is 14.6. The van der Waals surface area contributed by atoms with E-state index in [4.69, 9.17) is 38.4 Å². The van der Waals surface area contributed by atoms with E-state index in [9.17, 15) is 9.59 Å². The van der Waals surface area contributed by atoms with E-state index in [0.29, 0.717) is 15.8 Å². The van der Waals surface area contributed by atoms with Crippen molar-refractivity contribution in [1.29, 1.82) is 0 Å². The molecule has 0 aliphatic carbocycles. The number of primary amides is 1. The van der Waals surface area contributed by atoms with Gasteiger partial charge in [0.1, 0.15) is 12.4 Å². The summed E-state index contributed by atoms with van der Waals surface area (Å²) in [6.45, 7) is -0.145. The van der Waals surface area contributed by atoms with Crippen molar-refractivity contribution in [2.45, 2.75) is 6.61 Å². The number of carbonyl (C=O) groups excluding carboxylic acids is 2. The molecule has 0 aliphatic rings. The first kappa shape index (κ1) is 18.8. The van der Waals surface area contributed by atoms with Crippen LogP contribution >= 0.6 is 23.2 Å². The number of carbonyl (C=O) groups is 2. The molecule has 2 rings (SSSR count). The van der Waals surface area contributed by atoms with Crippen LogP contribution in [0.25, 0.3) is 6.08 Å². The number of halogens is 2. The van der Waals surface area contributed by atoms with Crippen molar-refractivity contribution >= 4 is 41.2 Å². The van der Waals surface area contributed by atoms with Crippen molar-refractivity contribution in [3.63, 3.8) is 0 Å². The molecule has 0 saturated heterocycles. The summed E-state index contributed by atoms with van der Waals surface area (Å²) in [6.07, 6.45) is 2.88. The second kappa shape index (κ2) is 9.11. The molecule has 1 amide bonds. The molecule has 0 heterocycles. The summed E-state index contributed by atoms with van der Waals surface area (Å²) >= 11 is 11.7. The van der Waals surface area contributed by atoms with Crippen molar-refractivity contribution in [2.24, 2.45) is 5.73 Å². The lowest BCUT2D eigenvalue weighted by molar-refractivity contribution is -0.138. The van der Waals surface area contributed by atoms with Crippen molar-refractivity contribution in [3.05, 3.63) is 69.7 Å². The number of hydrogen-bond acceptors (Lipinski definition) is 4. The van der Waals surface area contributed by atoms with Gasteiger partial charge in [-0.25, -0.2) is 4.79 Å². The Morgan fingerprint density at radius 1 is 1.08 bits per heavy atom. The minimum atomic E-state index is -0.565. The van der Waals surface area contributed by atoms with Crippen molar-refractivity contribution in [2.75, 3.05) is 6.61 Å². The molecule has 0 saturated carbocycles. The molecule has 0 bridgehead atoms. The van der Waals surface area contributed by atoms with Crippen LogP contribution in [0.1, 0.15) is 11.1 Å². The molecule has 0 atom stereocenters. The third-order valence-corrected chi connectivity index (χ3v) is 3.76. The van der Waals surface area contributed by atoms with E-state index in [1.807, 2.05) is 0 Å². The molecular formula is C18H15Cl2NO4. The van der Waals surface area contributed by atoms with Gasteiger partial charge in [0.25, 0.3) is 5.91 Å². The van der Waals surface area contributed by atoms with Crippen LogP contribution in [0, 0.1) is 0 Å². The zero-order valence-electron chi connectivity index (χ0n) is 13.1. The summed E-state index contributed by atoms with van der Waals surface area (Å²) < 4.78 is 10.3. The van der Waals surface area contributed by atoms with E-state index in [2.05, 4.69) is 0 Å². The highest BCUT2D eigenvalue weighted by Gasteiger charge is 2.03. The summed E-state index contributed by atoms with van der Waals surface area (Å²) in [5, 5.41) is 0.852. The number of ether oxygens (including phenoxy) is 2. The van der Waals surface area contributed by atoms with Gasteiger partial charge in [0.2, 0.25) is 0 Å². The SMILES string of the molecule is NC(=O)COc1cccc(COC(=O)/C=C/c2ccc(Cl)c(Cl)c2)c1. The summed E-state index contributed by atoms with van der Waals surface area (Å²) in [5.41, 5.74) is 6.47. The first-order chi connectivity index (χ1) is 11.9. The first-order valence-corrected chi connectivity index (χ1v) is 7.99. The summed E-state index contributed by atoms with van der Waals surface area (Å²) in [4.78, 5) is 22.5. The molecular weight excluding hydrogens is 365 g/mol. The van der Waals surface area contributed by atoms with Crippen LogP contribution in [0.5, 0.6) is 5.75 Å². The molecule has 2 N–H and O–H groups in total. The third-order valence-electron chi connectivity index (χ3n) is 3.02. The number of amides is 1. The molecule has 2 aromatic rings. The predicted molar refractivity (Wildman–Crippen MR) is 96.4 cm³/mol. The van der Waals surface area contributed by atoms with Gasteiger partial charge in [-0.15, -0.1) is 0 Å². The molecule has 0 spiro atoms. The smallest absolute Gasteiger partial charge is 0.331 e. The molecule has 2 aromatic carbocycles. The Bertz CT molecular complexity index is 805. The topological polar surface area (TPSA) is 78.6 Å². The summed E-state index contributed by atoms with van der Waals surface area (Å²) in [7, 11) is 0. The average molecular weight is 380 g/mol. The minimum absolute atomic E-state index is 0.0678. The minimum Gasteiger partial charge on any atom is -0.484 e. The van der Waals surface area contributed by atoms with E-state index in [0.717, 1.165) is 11.1 Å². The number of rotatable bonds is 7. The van der Waals surface area contributed by atoms with Crippen LogP contribution in [0.15, 0.2) is 48.5 Å². The summed E-state index contributed by atoms with van der Waals surface area (Å²) in [6, 6.07) is 11.9. The van der Waals surface area contributed by atoms with Gasteiger partial charge < -0.3 is 15.2 Å². The molecule has 0 aromatic heterocycles. The standard InChI is InChI=1S/C18H15Cl2NO4/c19-15-6-4-12(9-16(15)20)5-7-18(23)25-10-13-2-1-3-14(8-13)24-11-17(21)22/h1-9H,10-11H2,(H2,21,22)/b7-5+. The number of benzene rings is 2. The normalized spacial score (nSPS) is 10.6. The molecule has 130 valence electrons. The van der Waals surface area contributed by atoms with Crippen LogP contribution < -0.4 is 10.5 Å². The number of hydrogen-bond donors (Lipinski definition) is 1. The average Bonchev–Trinajstić information content (AvgIpc) is 2.59. The lowest BCUT2D eigenvalue weighted by Gasteiger charge is -2.06. The highest BCUT2D eigenvalue weighted by molar-refractivity contribution is 6.42. The molecule has 7 heteroatoms. The third kappa shape index (κ3) is 6.49. The fraction of sp³-hybridized carbons (Fsp3) is 0.111. The van der Waals surface area contributed by atoms with Crippen LogP contribution in [-0.2, 0) is 20.9 Å². The van der Waals surface area contributed by atoms with E-state index in [1.165, 1.54) is 6.08 Å². The molecule has 25 heavy (non-hydrogen) atoms. The molecule has 0 aliphatic heterocycles. The van der Waals surface area contributed by atoms with Gasteiger partial charge in [-0.2, -0.15) is 0 Å². The van der Waals surface area contributed by atoms with Gasteiger partial charge >= 0.3 is 5.97 Å². The summed E-state index contributed by atoms with van der Waals surface area (Å²) in [5.74, 6) is -0.600. The Morgan fingerprint density at radius 3 is 2.60 bits per heavy atom. The predicted octanol–water partition coefficient (Wildman–Crippen LogP) is 3.61. The van der Waals surface area contributed by atoms with Gasteiger partial charge in [-0.1, -0.05) is 41.4 Å². The Labute approximate surface area is 154 Å². The van der Waals surface area contributed by atoms with E-state index < -0.39 is 11.9 Å². The fourth-order valence-electron chi connectivity index (χ4n) is 1.86. The number of esters is 1. The number of nitrogens with two attached hydrogens (primary N) is 1. The van der Waals surface area contributed by atoms with Crippen molar-refractivity contribution in [1.82, 2.24) is 0 Å². The van der Waals surface area contributed by atoms with Crippen LogP contribution in [0.3, 0.4) is 0 Å². The molecule has 0 radical (unpaired) electrons. The Hall–Kier alpha value is -2.50. The Kier molecular flexibility index (Phi) is 6.86. The molecule has 0 fully saturated rings. The zero-order chi connectivity index (χ0) is 18.2. The van der Waals surface area contributed by atoms with E-state index in [1.54, 1.807) is 48.5 Å².